The molecule has 0 amide bonds. The van der Waals surface area contributed by atoms with Crippen molar-refractivity contribution in [1.82, 2.24) is 0 Å². The first-order valence-corrected chi connectivity index (χ1v) is 7.15. The fourth-order valence-electron chi connectivity index (χ4n) is 2.45. The van der Waals surface area contributed by atoms with Gasteiger partial charge in [-0.15, -0.1) is 0 Å². The van der Waals surface area contributed by atoms with Crippen LogP contribution in [-0.2, 0) is 4.84 Å². The predicted octanol–water partition coefficient (Wildman–Crippen LogP) is 4.34. The maximum atomic E-state index is 6.08. The van der Waals surface area contributed by atoms with E-state index in [0.717, 1.165) is 19.4 Å². The molecule has 1 aromatic carbocycles. The summed E-state index contributed by atoms with van der Waals surface area (Å²) in [6, 6.07) is 11.1. The van der Waals surface area contributed by atoms with E-state index in [-0.39, 0.29) is 0 Å². The lowest BCUT2D eigenvalue weighted by Crippen LogP contribution is -2.43. The highest BCUT2D eigenvalue weighted by molar-refractivity contribution is 5.17. The highest BCUT2D eigenvalue weighted by Gasteiger charge is 2.30. The van der Waals surface area contributed by atoms with Gasteiger partial charge in [-0.3, -0.25) is 0 Å². The highest BCUT2D eigenvalue weighted by Crippen LogP contribution is 2.28. The van der Waals surface area contributed by atoms with E-state index in [4.69, 9.17) is 4.84 Å². The minimum absolute atomic E-state index is 0.410. The van der Waals surface area contributed by atoms with Crippen molar-refractivity contribution in [2.75, 3.05) is 20.7 Å². The van der Waals surface area contributed by atoms with Crippen molar-refractivity contribution < 1.29 is 9.48 Å². The molecule has 1 unspecified atom stereocenters. The van der Waals surface area contributed by atoms with Gasteiger partial charge >= 0.3 is 0 Å². The van der Waals surface area contributed by atoms with Gasteiger partial charge in [-0.05, 0) is 6.42 Å². The third-order valence-electron chi connectivity index (χ3n) is 3.49. The number of hydrogen-bond donors (Lipinski definition) is 0. The predicted molar refractivity (Wildman–Crippen MR) is 77.1 cm³/mol. The Labute approximate surface area is 112 Å². The lowest BCUT2D eigenvalue weighted by molar-refractivity contribution is -1.10. The molecule has 0 aliphatic rings. The van der Waals surface area contributed by atoms with Crippen molar-refractivity contribution in [1.29, 1.82) is 0 Å². The van der Waals surface area contributed by atoms with Gasteiger partial charge in [-0.2, -0.15) is 4.65 Å². The Hall–Kier alpha value is -0.860. The first-order chi connectivity index (χ1) is 8.61. The van der Waals surface area contributed by atoms with Crippen molar-refractivity contribution in [2.45, 2.75) is 45.6 Å². The Kier molecular flexibility index (Phi) is 6.37. The van der Waals surface area contributed by atoms with E-state index in [0.29, 0.717) is 10.7 Å². The molecule has 0 N–H and O–H groups in total. The van der Waals surface area contributed by atoms with E-state index in [9.17, 15) is 0 Å². The zero-order valence-corrected chi connectivity index (χ0v) is 12.4. The van der Waals surface area contributed by atoms with Crippen LogP contribution in [0.15, 0.2) is 30.3 Å². The molecule has 2 heteroatoms. The van der Waals surface area contributed by atoms with Gasteiger partial charge in [0, 0.05) is 12.0 Å². The molecule has 0 aromatic heterocycles. The minimum Gasteiger partial charge on any atom is -0.203 e. The van der Waals surface area contributed by atoms with Crippen molar-refractivity contribution in [3.05, 3.63) is 35.9 Å². The average molecular weight is 250 g/mol. The Morgan fingerprint density at radius 1 is 1.06 bits per heavy atom. The van der Waals surface area contributed by atoms with Gasteiger partial charge in [-0.25, -0.2) is 4.84 Å². The van der Waals surface area contributed by atoms with Gasteiger partial charge in [0.1, 0.15) is 12.6 Å². The zero-order valence-electron chi connectivity index (χ0n) is 12.4. The van der Waals surface area contributed by atoms with Crippen LogP contribution in [0.2, 0.25) is 0 Å². The fourth-order valence-corrected chi connectivity index (χ4v) is 2.45. The number of nitrogens with zero attached hydrogens (tertiary/aromatic N) is 1. The molecule has 0 heterocycles. The van der Waals surface area contributed by atoms with E-state index >= 15 is 0 Å². The van der Waals surface area contributed by atoms with Crippen LogP contribution < -0.4 is 0 Å². The van der Waals surface area contributed by atoms with E-state index in [2.05, 4.69) is 58.3 Å². The van der Waals surface area contributed by atoms with Gasteiger partial charge in [0.05, 0.1) is 14.1 Å². The van der Waals surface area contributed by atoms with Crippen molar-refractivity contribution in [3.8, 4) is 0 Å². The second-order valence-electron chi connectivity index (χ2n) is 5.31. The van der Waals surface area contributed by atoms with Crippen LogP contribution in [0.5, 0.6) is 0 Å². The molecule has 1 rings (SSSR count). The molecule has 0 bridgehead atoms. The van der Waals surface area contributed by atoms with Crippen LogP contribution in [0.1, 0.15) is 51.1 Å². The normalized spacial score (nSPS) is 13.6. The molecule has 0 spiro atoms. The van der Waals surface area contributed by atoms with Crippen molar-refractivity contribution in [3.63, 3.8) is 0 Å². The monoisotopic (exact) mass is 250 g/mol. The van der Waals surface area contributed by atoms with Crippen LogP contribution >= 0.6 is 0 Å². The number of benzene rings is 1. The SMILES string of the molecule is CCCCCO[N+](C)(C)C(CC)c1ccccc1. The zero-order chi connectivity index (χ0) is 13.4. The molecule has 0 saturated carbocycles. The van der Waals surface area contributed by atoms with E-state index in [1.165, 1.54) is 18.4 Å². The summed E-state index contributed by atoms with van der Waals surface area (Å²) in [6.45, 7) is 5.30. The van der Waals surface area contributed by atoms with E-state index in [1.807, 2.05) is 0 Å². The van der Waals surface area contributed by atoms with Gasteiger partial charge in [0.25, 0.3) is 0 Å². The Balaban J connectivity index is 2.62. The molecule has 0 saturated heterocycles. The number of hydrogen-bond acceptors (Lipinski definition) is 1. The van der Waals surface area contributed by atoms with Gasteiger partial charge < -0.3 is 0 Å². The van der Waals surface area contributed by atoms with Crippen LogP contribution in [0.3, 0.4) is 0 Å². The van der Waals surface area contributed by atoms with Crippen LogP contribution in [0.25, 0.3) is 0 Å². The van der Waals surface area contributed by atoms with Gasteiger partial charge in [-0.1, -0.05) is 57.0 Å². The summed E-state index contributed by atoms with van der Waals surface area (Å²) in [5.74, 6) is 0. The summed E-state index contributed by atoms with van der Waals surface area (Å²) in [5, 5.41) is 0. The maximum absolute atomic E-state index is 6.08. The summed E-state index contributed by atoms with van der Waals surface area (Å²) < 4.78 is 0.615. The summed E-state index contributed by atoms with van der Waals surface area (Å²) in [6.07, 6.45) is 4.74. The molecule has 1 atom stereocenters. The Morgan fingerprint density at radius 2 is 1.72 bits per heavy atom. The maximum Gasteiger partial charge on any atom is 0.144 e. The summed E-state index contributed by atoms with van der Waals surface area (Å²) in [4.78, 5) is 6.08. The van der Waals surface area contributed by atoms with Gasteiger partial charge in [0.2, 0.25) is 0 Å². The Bertz CT molecular complexity index is 321. The largest absolute Gasteiger partial charge is 0.203 e. The third kappa shape index (κ3) is 4.43. The molecule has 18 heavy (non-hydrogen) atoms. The third-order valence-corrected chi connectivity index (χ3v) is 3.49. The molecular weight excluding hydrogens is 222 g/mol. The van der Waals surface area contributed by atoms with Crippen LogP contribution in [0, 0.1) is 0 Å². The second-order valence-corrected chi connectivity index (χ2v) is 5.31. The first kappa shape index (κ1) is 15.2. The summed E-state index contributed by atoms with van der Waals surface area (Å²) >= 11 is 0. The molecular formula is C16H28NO+. The number of hydroxylamine groups is 3. The topological polar surface area (TPSA) is 9.23 Å². The summed E-state index contributed by atoms with van der Waals surface area (Å²) in [7, 11) is 4.32. The molecule has 0 fully saturated rings. The standard InChI is InChI=1S/C16H28NO/c1-5-7-11-14-18-17(3,4)16(6-2)15-12-9-8-10-13-15/h8-10,12-13,16H,5-7,11,14H2,1-4H3/q+1. The van der Waals surface area contributed by atoms with E-state index in [1.54, 1.807) is 0 Å². The fraction of sp³-hybridized carbons (Fsp3) is 0.625. The average Bonchev–Trinajstić information content (AvgIpc) is 2.36. The van der Waals surface area contributed by atoms with Crippen LogP contribution in [0.4, 0.5) is 0 Å². The quantitative estimate of drug-likeness (QED) is 0.379. The Morgan fingerprint density at radius 3 is 2.28 bits per heavy atom. The number of unbranched alkanes of at least 4 members (excludes halogenated alkanes) is 2. The molecule has 102 valence electrons. The molecule has 0 radical (unpaired) electrons. The molecule has 0 aliphatic carbocycles. The lowest BCUT2D eigenvalue weighted by Gasteiger charge is -2.35. The second kappa shape index (κ2) is 7.55. The lowest BCUT2D eigenvalue weighted by atomic mass is 10.0. The molecule has 2 nitrogen and oxygen atoms in total. The summed E-state index contributed by atoms with van der Waals surface area (Å²) in [5.41, 5.74) is 1.36. The molecule has 1 aromatic rings. The number of quaternary nitrogens is 1. The smallest absolute Gasteiger partial charge is 0.144 e. The minimum atomic E-state index is 0.410. The number of rotatable bonds is 8. The van der Waals surface area contributed by atoms with Crippen molar-refractivity contribution in [2.24, 2.45) is 0 Å². The van der Waals surface area contributed by atoms with E-state index < -0.39 is 0 Å². The van der Waals surface area contributed by atoms with Gasteiger partial charge in [0.15, 0.2) is 0 Å². The first-order valence-electron chi connectivity index (χ1n) is 7.15. The highest BCUT2D eigenvalue weighted by atomic mass is 16.7. The van der Waals surface area contributed by atoms with Crippen molar-refractivity contribution >= 4 is 0 Å². The molecule has 0 aliphatic heterocycles. The van der Waals surface area contributed by atoms with Crippen LogP contribution in [-0.4, -0.2) is 25.3 Å².